The normalized spacial score (nSPS) is 22.0. The molecule has 62 valence electrons. The van der Waals surface area contributed by atoms with Crippen LogP contribution in [0, 0.1) is 0 Å². The van der Waals surface area contributed by atoms with Gasteiger partial charge < -0.3 is 0 Å². The minimum atomic E-state index is 0.945. The summed E-state index contributed by atoms with van der Waals surface area (Å²) in [5, 5.41) is 0. The molecule has 0 N–H and O–H groups in total. The van der Waals surface area contributed by atoms with Crippen LogP contribution in [0.4, 0.5) is 0 Å². The van der Waals surface area contributed by atoms with Crippen LogP contribution in [0.2, 0.25) is 0 Å². The lowest BCUT2D eigenvalue weighted by atomic mass is 9.97. The van der Waals surface area contributed by atoms with E-state index in [1.807, 2.05) is 12.4 Å². The SMILES string of the molecule is C1=NCCC(C2=CC=NCC2)=C1. The highest BCUT2D eigenvalue weighted by atomic mass is 14.7. The van der Waals surface area contributed by atoms with Gasteiger partial charge in [-0.25, -0.2) is 0 Å². The standard InChI is InChI=1S/C10H12N2/c1-5-11-6-2-9(1)10-3-7-12-8-4-10/h1,3,5,7H,2,4,6,8H2. The zero-order valence-electron chi connectivity index (χ0n) is 7.03. The molecule has 2 heteroatoms. The Bertz CT molecular complexity index is 252. The number of nitrogens with zero attached hydrogens (tertiary/aromatic N) is 2. The Morgan fingerprint density at radius 3 is 1.67 bits per heavy atom. The predicted octanol–water partition coefficient (Wildman–Crippen LogP) is 1.79. The Hall–Kier alpha value is -1.18. The average Bonchev–Trinajstić information content (AvgIpc) is 2.21. The number of dihydropyridines is 2. The summed E-state index contributed by atoms with van der Waals surface area (Å²) in [5.74, 6) is 0. The summed E-state index contributed by atoms with van der Waals surface area (Å²) < 4.78 is 0. The summed E-state index contributed by atoms with van der Waals surface area (Å²) in [7, 11) is 0. The molecule has 0 aromatic rings. The first-order valence-electron chi connectivity index (χ1n) is 4.35. The van der Waals surface area contributed by atoms with Crippen molar-refractivity contribution in [2.45, 2.75) is 12.8 Å². The first kappa shape index (κ1) is 7.47. The molecule has 0 amide bonds. The minimum absolute atomic E-state index is 0.945. The zero-order chi connectivity index (χ0) is 8.23. The summed E-state index contributed by atoms with van der Waals surface area (Å²) >= 11 is 0. The third-order valence-electron chi connectivity index (χ3n) is 2.20. The molecule has 0 aromatic heterocycles. The molecule has 0 aliphatic carbocycles. The molecule has 0 unspecified atom stereocenters. The van der Waals surface area contributed by atoms with Gasteiger partial charge in [-0.05, 0) is 36.1 Å². The van der Waals surface area contributed by atoms with E-state index in [0.717, 1.165) is 25.9 Å². The van der Waals surface area contributed by atoms with Crippen LogP contribution in [0.1, 0.15) is 12.8 Å². The largest absolute Gasteiger partial charge is 0.293 e. The van der Waals surface area contributed by atoms with Crippen LogP contribution in [0.25, 0.3) is 0 Å². The van der Waals surface area contributed by atoms with E-state index >= 15 is 0 Å². The highest BCUT2D eigenvalue weighted by Gasteiger charge is 2.07. The maximum absolute atomic E-state index is 4.16. The lowest BCUT2D eigenvalue weighted by Gasteiger charge is -2.13. The molecule has 0 spiro atoms. The van der Waals surface area contributed by atoms with Crippen molar-refractivity contribution in [3.63, 3.8) is 0 Å². The van der Waals surface area contributed by atoms with Gasteiger partial charge in [0.25, 0.3) is 0 Å². The lowest BCUT2D eigenvalue weighted by molar-refractivity contribution is 0.887. The molecule has 2 heterocycles. The quantitative estimate of drug-likeness (QED) is 0.558. The molecule has 0 saturated heterocycles. The maximum Gasteiger partial charge on any atom is 0.0429 e. The van der Waals surface area contributed by atoms with Gasteiger partial charge in [0.05, 0.1) is 0 Å². The first-order chi connectivity index (χ1) is 5.97. The summed E-state index contributed by atoms with van der Waals surface area (Å²) in [4.78, 5) is 8.32. The maximum atomic E-state index is 4.16. The number of aliphatic imine (C=N–C) groups is 2. The minimum Gasteiger partial charge on any atom is -0.293 e. The number of hydrogen-bond donors (Lipinski definition) is 0. The van der Waals surface area contributed by atoms with E-state index in [9.17, 15) is 0 Å². The van der Waals surface area contributed by atoms with Gasteiger partial charge in [0.15, 0.2) is 0 Å². The summed E-state index contributed by atoms with van der Waals surface area (Å²) in [6, 6.07) is 0. The van der Waals surface area contributed by atoms with E-state index < -0.39 is 0 Å². The monoisotopic (exact) mass is 160 g/mol. The Labute approximate surface area is 72.4 Å². The highest BCUT2D eigenvalue weighted by molar-refractivity contribution is 5.78. The number of allylic oxidation sites excluding steroid dienone is 2. The second-order valence-corrected chi connectivity index (χ2v) is 2.99. The first-order valence-corrected chi connectivity index (χ1v) is 4.35. The molecule has 0 fully saturated rings. The van der Waals surface area contributed by atoms with Crippen molar-refractivity contribution in [3.8, 4) is 0 Å². The Balaban J connectivity index is 2.17. The Morgan fingerprint density at radius 2 is 1.33 bits per heavy atom. The van der Waals surface area contributed by atoms with Gasteiger partial charge in [-0.15, -0.1) is 0 Å². The van der Waals surface area contributed by atoms with Gasteiger partial charge in [0.1, 0.15) is 0 Å². The third-order valence-corrected chi connectivity index (χ3v) is 2.20. The van der Waals surface area contributed by atoms with Crippen LogP contribution in [0.3, 0.4) is 0 Å². The molecule has 0 radical (unpaired) electrons. The summed E-state index contributed by atoms with van der Waals surface area (Å²) in [5.41, 5.74) is 2.88. The topological polar surface area (TPSA) is 24.7 Å². The summed E-state index contributed by atoms with van der Waals surface area (Å²) in [6.45, 7) is 1.89. The fraction of sp³-hybridized carbons (Fsp3) is 0.400. The van der Waals surface area contributed by atoms with Crippen LogP contribution in [-0.2, 0) is 0 Å². The highest BCUT2D eigenvalue weighted by Crippen LogP contribution is 2.20. The van der Waals surface area contributed by atoms with Gasteiger partial charge in [-0.2, -0.15) is 0 Å². The van der Waals surface area contributed by atoms with E-state index in [1.54, 1.807) is 0 Å². The van der Waals surface area contributed by atoms with Crippen LogP contribution in [0.5, 0.6) is 0 Å². The smallest absolute Gasteiger partial charge is 0.0429 e. The van der Waals surface area contributed by atoms with Crippen molar-refractivity contribution in [2.24, 2.45) is 9.98 Å². The second kappa shape index (κ2) is 3.48. The molecular formula is C10H12N2. The Kier molecular flexibility index (Phi) is 2.16. The van der Waals surface area contributed by atoms with Crippen LogP contribution in [-0.4, -0.2) is 25.5 Å². The molecule has 2 nitrogen and oxygen atoms in total. The van der Waals surface area contributed by atoms with Crippen molar-refractivity contribution < 1.29 is 0 Å². The van der Waals surface area contributed by atoms with E-state index in [2.05, 4.69) is 22.1 Å². The van der Waals surface area contributed by atoms with Gasteiger partial charge in [0, 0.05) is 25.5 Å². The van der Waals surface area contributed by atoms with Crippen molar-refractivity contribution in [2.75, 3.05) is 13.1 Å². The van der Waals surface area contributed by atoms with Gasteiger partial charge in [0.2, 0.25) is 0 Å². The lowest BCUT2D eigenvalue weighted by Crippen LogP contribution is -2.02. The van der Waals surface area contributed by atoms with Crippen LogP contribution < -0.4 is 0 Å². The molecule has 0 atom stereocenters. The molecule has 0 bridgehead atoms. The van der Waals surface area contributed by atoms with Gasteiger partial charge in [-0.3, -0.25) is 9.98 Å². The van der Waals surface area contributed by atoms with Crippen LogP contribution in [0.15, 0.2) is 33.3 Å². The van der Waals surface area contributed by atoms with Crippen molar-refractivity contribution >= 4 is 12.4 Å². The molecule has 0 saturated carbocycles. The predicted molar refractivity (Wildman–Crippen MR) is 52.1 cm³/mol. The third kappa shape index (κ3) is 1.52. The van der Waals surface area contributed by atoms with E-state index in [1.165, 1.54) is 11.1 Å². The van der Waals surface area contributed by atoms with Crippen LogP contribution >= 0.6 is 0 Å². The zero-order valence-corrected chi connectivity index (χ0v) is 7.03. The van der Waals surface area contributed by atoms with E-state index in [-0.39, 0.29) is 0 Å². The molecule has 2 aliphatic rings. The average molecular weight is 160 g/mol. The molecule has 2 rings (SSSR count). The number of hydrogen-bond acceptors (Lipinski definition) is 2. The molecule has 12 heavy (non-hydrogen) atoms. The van der Waals surface area contributed by atoms with Gasteiger partial charge in [-0.1, -0.05) is 0 Å². The second-order valence-electron chi connectivity index (χ2n) is 2.99. The van der Waals surface area contributed by atoms with Crippen molar-refractivity contribution in [3.05, 3.63) is 23.3 Å². The molecule has 2 aliphatic heterocycles. The molecular weight excluding hydrogens is 148 g/mol. The Morgan fingerprint density at radius 1 is 0.833 bits per heavy atom. The molecule has 0 aromatic carbocycles. The number of rotatable bonds is 1. The van der Waals surface area contributed by atoms with Crippen molar-refractivity contribution in [1.82, 2.24) is 0 Å². The summed E-state index contributed by atoms with van der Waals surface area (Å²) in [6.07, 6.45) is 10.2. The fourth-order valence-electron chi connectivity index (χ4n) is 1.51. The fourth-order valence-corrected chi connectivity index (χ4v) is 1.51. The van der Waals surface area contributed by atoms with E-state index in [4.69, 9.17) is 0 Å². The van der Waals surface area contributed by atoms with E-state index in [0.29, 0.717) is 0 Å². The van der Waals surface area contributed by atoms with Crippen molar-refractivity contribution in [1.29, 1.82) is 0 Å². The van der Waals surface area contributed by atoms with Gasteiger partial charge >= 0.3 is 0 Å².